The molecule has 0 amide bonds. The van der Waals surface area contributed by atoms with E-state index in [9.17, 15) is 26.3 Å². The Bertz CT molecular complexity index is 414. The molecule has 1 N–H and O–H groups in total. The van der Waals surface area contributed by atoms with Gasteiger partial charge < -0.3 is 10.1 Å². The number of rotatable bonds is 4. The van der Waals surface area contributed by atoms with Crippen LogP contribution < -0.4 is 10.1 Å². The molecule has 1 heterocycles. The third-order valence-corrected chi connectivity index (χ3v) is 2.53. The number of nitrogens with one attached hydrogen (secondary N) is 1. The first kappa shape index (κ1) is 16.5. The van der Waals surface area contributed by atoms with Crippen molar-refractivity contribution in [2.75, 3.05) is 7.05 Å². The van der Waals surface area contributed by atoms with Crippen molar-refractivity contribution in [3.05, 3.63) is 23.9 Å². The second-order valence-electron chi connectivity index (χ2n) is 4.02. The van der Waals surface area contributed by atoms with Crippen LogP contribution in [0.25, 0.3) is 0 Å². The molecule has 0 fully saturated rings. The quantitative estimate of drug-likeness (QED) is 0.867. The summed E-state index contributed by atoms with van der Waals surface area (Å²) in [6, 6.07) is 2.17. The number of alkyl halides is 6. The van der Waals surface area contributed by atoms with E-state index < -0.39 is 24.3 Å². The lowest BCUT2D eigenvalue weighted by atomic mass is 10.1. The molecule has 114 valence electrons. The Hall–Kier alpha value is -1.51. The predicted octanol–water partition coefficient (Wildman–Crippen LogP) is 3.23. The molecule has 1 aromatic rings. The third kappa shape index (κ3) is 4.26. The fourth-order valence-corrected chi connectivity index (χ4v) is 1.32. The highest BCUT2D eigenvalue weighted by Crippen LogP contribution is 2.36. The van der Waals surface area contributed by atoms with E-state index in [1.165, 1.54) is 6.07 Å². The average molecular weight is 302 g/mol. The number of aromatic nitrogens is 1. The van der Waals surface area contributed by atoms with Crippen LogP contribution in [0.5, 0.6) is 5.88 Å². The topological polar surface area (TPSA) is 34.1 Å². The van der Waals surface area contributed by atoms with Gasteiger partial charge in [0.15, 0.2) is 0 Å². The summed E-state index contributed by atoms with van der Waals surface area (Å²) in [5.41, 5.74) is 0.607. The maximum absolute atomic E-state index is 12.3. The molecule has 0 saturated heterocycles. The molecule has 0 aromatic carbocycles. The van der Waals surface area contributed by atoms with E-state index >= 15 is 0 Å². The van der Waals surface area contributed by atoms with E-state index in [2.05, 4.69) is 15.0 Å². The minimum atomic E-state index is -5.56. The van der Waals surface area contributed by atoms with Gasteiger partial charge in [0.05, 0.1) is 0 Å². The monoisotopic (exact) mass is 302 g/mol. The first-order valence-electron chi connectivity index (χ1n) is 5.49. The predicted molar refractivity (Wildman–Crippen MR) is 58.2 cm³/mol. The van der Waals surface area contributed by atoms with Crippen molar-refractivity contribution in [3.63, 3.8) is 0 Å². The van der Waals surface area contributed by atoms with Gasteiger partial charge in [-0.05, 0) is 19.5 Å². The summed E-state index contributed by atoms with van der Waals surface area (Å²) < 4.78 is 77.6. The Labute approximate surface area is 110 Å². The van der Waals surface area contributed by atoms with E-state index in [0.717, 1.165) is 12.3 Å². The second kappa shape index (κ2) is 5.86. The number of ether oxygens (including phenoxy) is 1. The molecule has 0 aliphatic heterocycles. The van der Waals surface area contributed by atoms with Crippen molar-refractivity contribution in [1.29, 1.82) is 0 Å². The Kier molecular flexibility index (Phi) is 4.85. The highest BCUT2D eigenvalue weighted by Gasteiger charge is 2.59. The highest BCUT2D eigenvalue weighted by molar-refractivity contribution is 5.20. The molecular weight excluding hydrogens is 290 g/mol. The van der Waals surface area contributed by atoms with Gasteiger partial charge in [-0.1, -0.05) is 6.07 Å². The van der Waals surface area contributed by atoms with E-state index in [0.29, 0.717) is 5.56 Å². The van der Waals surface area contributed by atoms with Crippen molar-refractivity contribution < 1.29 is 31.1 Å². The minimum Gasteiger partial charge on any atom is -0.455 e. The minimum absolute atomic E-state index is 0.141. The van der Waals surface area contributed by atoms with Gasteiger partial charge in [-0.3, -0.25) is 0 Å². The largest absolute Gasteiger partial charge is 0.455 e. The summed E-state index contributed by atoms with van der Waals surface area (Å²) in [6.07, 6.45) is -13.9. The van der Waals surface area contributed by atoms with Crippen LogP contribution in [0.4, 0.5) is 26.3 Å². The molecule has 0 bridgehead atoms. The molecule has 0 spiro atoms. The second-order valence-corrected chi connectivity index (χ2v) is 4.02. The number of hydrogen-bond donors (Lipinski definition) is 1. The lowest BCUT2D eigenvalue weighted by Crippen LogP contribution is -2.46. The number of hydrogen-bond acceptors (Lipinski definition) is 3. The molecule has 0 aliphatic carbocycles. The van der Waals surface area contributed by atoms with E-state index in [-0.39, 0.29) is 6.04 Å². The first-order chi connectivity index (χ1) is 9.05. The SMILES string of the molecule is CNC(C)c1ccc(OC(C(F)(F)F)C(F)(F)F)nc1. The molecule has 3 nitrogen and oxygen atoms in total. The molecular formula is C11H12F6N2O. The van der Waals surface area contributed by atoms with Crippen LogP contribution in [0.15, 0.2) is 18.3 Å². The Morgan fingerprint density at radius 3 is 2.00 bits per heavy atom. The Morgan fingerprint density at radius 1 is 1.10 bits per heavy atom. The summed E-state index contributed by atoms with van der Waals surface area (Å²) in [5.74, 6) is -0.739. The van der Waals surface area contributed by atoms with Gasteiger partial charge in [0.2, 0.25) is 5.88 Å². The van der Waals surface area contributed by atoms with Gasteiger partial charge in [0.1, 0.15) is 0 Å². The molecule has 1 rings (SSSR count). The zero-order chi connectivity index (χ0) is 15.6. The van der Waals surface area contributed by atoms with Gasteiger partial charge >= 0.3 is 12.4 Å². The fourth-order valence-electron chi connectivity index (χ4n) is 1.32. The lowest BCUT2D eigenvalue weighted by molar-refractivity contribution is -0.300. The van der Waals surface area contributed by atoms with Crippen LogP contribution in [0, 0.1) is 0 Å². The van der Waals surface area contributed by atoms with Crippen LogP contribution in [-0.2, 0) is 0 Å². The maximum Gasteiger partial charge on any atom is 0.434 e. The standard InChI is InChI=1S/C11H12F6N2O/c1-6(18-2)7-3-4-8(19-5-7)20-9(10(12,13)14)11(15,16)17/h3-6,9,18H,1-2H3. The molecule has 1 atom stereocenters. The molecule has 0 saturated carbocycles. The summed E-state index contributed by atoms with van der Waals surface area (Å²) in [6.45, 7) is 1.76. The van der Waals surface area contributed by atoms with Crippen LogP contribution in [-0.4, -0.2) is 30.5 Å². The molecule has 0 aliphatic rings. The van der Waals surface area contributed by atoms with Crippen molar-refractivity contribution in [3.8, 4) is 5.88 Å². The Balaban J connectivity index is 2.90. The van der Waals surface area contributed by atoms with Crippen molar-refractivity contribution >= 4 is 0 Å². The fraction of sp³-hybridized carbons (Fsp3) is 0.545. The van der Waals surface area contributed by atoms with Crippen molar-refractivity contribution in [2.24, 2.45) is 0 Å². The normalized spacial score (nSPS) is 14.4. The molecule has 0 radical (unpaired) electrons. The third-order valence-electron chi connectivity index (χ3n) is 2.53. The summed E-state index contributed by atoms with van der Waals surface area (Å²) in [5, 5.41) is 2.85. The van der Waals surface area contributed by atoms with Crippen LogP contribution in [0.3, 0.4) is 0 Å². The summed E-state index contributed by atoms with van der Waals surface area (Å²) in [7, 11) is 1.65. The zero-order valence-electron chi connectivity index (χ0n) is 10.5. The van der Waals surface area contributed by atoms with E-state index in [1.807, 2.05) is 0 Å². The van der Waals surface area contributed by atoms with E-state index in [1.54, 1.807) is 14.0 Å². The smallest absolute Gasteiger partial charge is 0.434 e. The first-order valence-corrected chi connectivity index (χ1v) is 5.49. The van der Waals surface area contributed by atoms with E-state index in [4.69, 9.17) is 0 Å². The number of pyridine rings is 1. The average Bonchev–Trinajstić information content (AvgIpc) is 2.33. The highest BCUT2D eigenvalue weighted by atomic mass is 19.4. The van der Waals surface area contributed by atoms with Gasteiger partial charge in [-0.2, -0.15) is 26.3 Å². The Morgan fingerprint density at radius 2 is 1.65 bits per heavy atom. The van der Waals surface area contributed by atoms with Crippen molar-refractivity contribution in [2.45, 2.75) is 31.4 Å². The lowest BCUT2D eigenvalue weighted by Gasteiger charge is -2.23. The maximum atomic E-state index is 12.3. The molecule has 1 unspecified atom stereocenters. The molecule has 9 heteroatoms. The molecule has 1 aromatic heterocycles. The van der Waals surface area contributed by atoms with Crippen LogP contribution >= 0.6 is 0 Å². The van der Waals surface area contributed by atoms with Crippen LogP contribution in [0.1, 0.15) is 18.5 Å². The van der Waals surface area contributed by atoms with Crippen LogP contribution in [0.2, 0.25) is 0 Å². The number of nitrogens with zero attached hydrogens (tertiary/aromatic N) is 1. The summed E-state index contributed by atoms with van der Waals surface area (Å²) >= 11 is 0. The van der Waals surface area contributed by atoms with Gasteiger partial charge in [-0.25, -0.2) is 4.98 Å². The molecule has 20 heavy (non-hydrogen) atoms. The van der Waals surface area contributed by atoms with Gasteiger partial charge in [-0.15, -0.1) is 0 Å². The van der Waals surface area contributed by atoms with Gasteiger partial charge in [0, 0.05) is 18.3 Å². The number of halogens is 6. The summed E-state index contributed by atoms with van der Waals surface area (Å²) in [4.78, 5) is 3.45. The zero-order valence-corrected chi connectivity index (χ0v) is 10.5. The van der Waals surface area contributed by atoms with Crippen molar-refractivity contribution in [1.82, 2.24) is 10.3 Å². The van der Waals surface area contributed by atoms with Gasteiger partial charge in [0.25, 0.3) is 6.10 Å².